The maximum Gasteiger partial charge on any atom is 0.320 e. The van der Waals surface area contributed by atoms with E-state index in [1.807, 2.05) is 0 Å². The van der Waals surface area contributed by atoms with Crippen LogP contribution >= 0.6 is 0 Å². The number of rotatable bonds is 1. The molecule has 1 unspecified atom stereocenters. The molecule has 2 saturated heterocycles. The van der Waals surface area contributed by atoms with Gasteiger partial charge >= 0.3 is 5.97 Å². The van der Waals surface area contributed by atoms with E-state index in [-0.39, 0.29) is 6.04 Å². The molecular weight excluding hydrogens is 130 g/mol. The van der Waals surface area contributed by atoms with Crippen LogP contribution in [0.25, 0.3) is 0 Å². The monoisotopic (exact) mass is 141 g/mol. The predicted molar refractivity (Wildman–Crippen MR) is 35.8 cm³/mol. The summed E-state index contributed by atoms with van der Waals surface area (Å²) in [4.78, 5) is 12.6. The molecule has 2 aliphatic heterocycles. The topological polar surface area (TPSA) is 40.5 Å². The van der Waals surface area contributed by atoms with E-state index in [1.54, 1.807) is 0 Å². The van der Waals surface area contributed by atoms with E-state index in [0.717, 1.165) is 19.4 Å². The molecule has 0 bridgehead atoms. The molecule has 0 amide bonds. The molecular formula is C7H11NO2. The average molecular weight is 141 g/mol. The predicted octanol–water partition coefficient (Wildman–Crippen LogP) is 0.308. The molecule has 0 spiro atoms. The molecule has 2 heterocycles. The van der Waals surface area contributed by atoms with Crippen molar-refractivity contribution in [3.8, 4) is 0 Å². The zero-order valence-electron chi connectivity index (χ0n) is 5.79. The molecule has 0 aromatic heterocycles. The molecule has 0 aromatic rings. The largest absolute Gasteiger partial charge is 0.480 e. The molecule has 3 heteroatoms. The molecule has 10 heavy (non-hydrogen) atoms. The SMILES string of the molecule is O=C(O)C1CC[C@H]2CCN12. The quantitative estimate of drug-likeness (QED) is 0.571. The van der Waals surface area contributed by atoms with Crippen LogP contribution in [-0.2, 0) is 4.79 Å². The van der Waals surface area contributed by atoms with Gasteiger partial charge in [-0.05, 0) is 19.3 Å². The van der Waals surface area contributed by atoms with Gasteiger partial charge in [0.25, 0.3) is 0 Å². The van der Waals surface area contributed by atoms with Crippen molar-refractivity contribution in [1.29, 1.82) is 0 Å². The van der Waals surface area contributed by atoms with E-state index >= 15 is 0 Å². The summed E-state index contributed by atoms with van der Waals surface area (Å²) in [5.41, 5.74) is 0. The van der Waals surface area contributed by atoms with E-state index in [2.05, 4.69) is 4.90 Å². The fourth-order valence-electron chi connectivity index (χ4n) is 1.96. The van der Waals surface area contributed by atoms with Crippen LogP contribution < -0.4 is 0 Å². The summed E-state index contributed by atoms with van der Waals surface area (Å²) in [6, 6.07) is 0.458. The van der Waals surface area contributed by atoms with Crippen LogP contribution in [0.5, 0.6) is 0 Å². The first-order valence-corrected chi connectivity index (χ1v) is 3.77. The Labute approximate surface area is 59.6 Å². The van der Waals surface area contributed by atoms with Crippen molar-refractivity contribution in [3.63, 3.8) is 0 Å². The minimum absolute atomic E-state index is 0.154. The molecule has 0 saturated carbocycles. The number of hydrogen-bond donors (Lipinski definition) is 1. The lowest BCUT2D eigenvalue weighted by Gasteiger charge is -2.37. The fraction of sp³-hybridized carbons (Fsp3) is 0.857. The van der Waals surface area contributed by atoms with Crippen molar-refractivity contribution in [2.45, 2.75) is 31.3 Å². The number of hydrogen-bond acceptors (Lipinski definition) is 2. The number of carbonyl (C=O) groups is 1. The van der Waals surface area contributed by atoms with Crippen molar-refractivity contribution in [3.05, 3.63) is 0 Å². The third-order valence-electron chi connectivity index (χ3n) is 2.65. The highest BCUT2D eigenvalue weighted by atomic mass is 16.4. The van der Waals surface area contributed by atoms with E-state index < -0.39 is 5.97 Å². The second-order valence-electron chi connectivity index (χ2n) is 3.11. The lowest BCUT2D eigenvalue weighted by Crippen LogP contribution is -2.49. The van der Waals surface area contributed by atoms with Crippen molar-refractivity contribution >= 4 is 5.97 Å². The molecule has 1 N–H and O–H groups in total. The first kappa shape index (κ1) is 6.16. The summed E-state index contributed by atoms with van der Waals surface area (Å²) < 4.78 is 0. The second-order valence-corrected chi connectivity index (χ2v) is 3.11. The molecule has 2 atom stereocenters. The highest BCUT2D eigenvalue weighted by Gasteiger charge is 2.42. The first-order chi connectivity index (χ1) is 4.79. The zero-order valence-corrected chi connectivity index (χ0v) is 5.79. The Balaban J connectivity index is 2.05. The van der Waals surface area contributed by atoms with Gasteiger partial charge in [-0.3, -0.25) is 9.69 Å². The van der Waals surface area contributed by atoms with Gasteiger partial charge in [-0.2, -0.15) is 0 Å². The van der Waals surface area contributed by atoms with Crippen LogP contribution in [0.3, 0.4) is 0 Å². The summed E-state index contributed by atoms with van der Waals surface area (Å²) in [5, 5.41) is 8.69. The standard InChI is InChI=1S/C7H11NO2/c9-7(10)6-2-1-5-3-4-8(5)6/h5-6H,1-4H2,(H,9,10)/t5-,6?/m0/s1. The summed E-state index contributed by atoms with van der Waals surface area (Å²) in [7, 11) is 0. The first-order valence-electron chi connectivity index (χ1n) is 3.77. The second kappa shape index (κ2) is 1.95. The molecule has 56 valence electrons. The minimum atomic E-state index is -0.637. The van der Waals surface area contributed by atoms with Crippen LogP contribution in [-0.4, -0.2) is 34.6 Å². The number of fused-ring (bicyclic) bond motifs is 1. The molecule has 0 aliphatic carbocycles. The van der Waals surface area contributed by atoms with Gasteiger partial charge in [0.15, 0.2) is 0 Å². The van der Waals surface area contributed by atoms with Gasteiger partial charge in [-0.1, -0.05) is 0 Å². The van der Waals surface area contributed by atoms with Crippen molar-refractivity contribution in [2.24, 2.45) is 0 Å². The van der Waals surface area contributed by atoms with Gasteiger partial charge in [0.2, 0.25) is 0 Å². The lowest BCUT2D eigenvalue weighted by molar-refractivity contribution is -0.144. The van der Waals surface area contributed by atoms with E-state index in [4.69, 9.17) is 5.11 Å². The highest BCUT2D eigenvalue weighted by Crippen LogP contribution is 2.33. The Morgan fingerprint density at radius 2 is 2.20 bits per heavy atom. The molecule has 2 aliphatic rings. The molecule has 0 radical (unpaired) electrons. The zero-order chi connectivity index (χ0) is 7.14. The third-order valence-corrected chi connectivity index (χ3v) is 2.65. The number of aliphatic carboxylic acids is 1. The minimum Gasteiger partial charge on any atom is -0.480 e. The summed E-state index contributed by atoms with van der Waals surface area (Å²) >= 11 is 0. The maximum absolute atomic E-state index is 10.5. The van der Waals surface area contributed by atoms with Crippen LogP contribution in [0.1, 0.15) is 19.3 Å². The number of nitrogens with zero attached hydrogens (tertiary/aromatic N) is 1. The van der Waals surface area contributed by atoms with Gasteiger partial charge in [-0.15, -0.1) is 0 Å². The Bertz CT molecular complexity index is 169. The smallest absolute Gasteiger partial charge is 0.320 e. The maximum atomic E-state index is 10.5. The fourth-order valence-corrected chi connectivity index (χ4v) is 1.96. The average Bonchev–Trinajstić information content (AvgIpc) is 2.07. The van der Waals surface area contributed by atoms with Crippen molar-refractivity contribution in [1.82, 2.24) is 4.90 Å². The number of carboxylic acids is 1. The molecule has 0 aromatic carbocycles. The van der Waals surface area contributed by atoms with Gasteiger partial charge in [0.05, 0.1) is 0 Å². The lowest BCUT2D eigenvalue weighted by atomic mass is 10.1. The van der Waals surface area contributed by atoms with Gasteiger partial charge in [0, 0.05) is 12.6 Å². The van der Waals surface area contributed by atoms with Crippen LogP contribution in [0, 0.1) is 0 Å². The van der Waals surface area contributed by atoms with Crippen LogP contribution in [0.2, 0.25) is 0 Å². The molecule has 3 nitrogen and oxygen atoms in total. The van der Waals surface area contributed by atoms with Crippen molar-refractivity contribution < 1.29 is 9.90 Å². The Morgan fingerprint density at radius 3 is 2.50 bits per heavy atom. The van der Waals surface area contributed by atoms with Gasteiger partial charge in [-0.25, -0.2) is 0 Å². The third kappa shape index (κ3) is 0.669. The highest BCUT2D eigenvalue weighted by molar-refractivity contribution is 5.74. The Hall–Kier alpha value is -0.570. The van der Waals surface area contributed by atoms with Crippen LogP contribution in [0.4, 0.5) is 0 Å². The summed E-state index contributed by atoms with van der Waals surface area (Å²) in [6.45, 7) is 1.00. The Kier molecular flexibility index (Phi) is 1.20. The van der Waals surface area contributed by atoms with Gasteiger partial charge < -0.3 is 5.11 Å². The summed E-state index contributed by atoms with van der Waals surface area (Å²) in [5.74, 6) is -0.637. The molecule has 2 rings (SSSR count). The number of carboxylic acid groups (broad SMARTS) is 1. The summed E-state index contributed by atoms with van der Waals surface area (Å²) in [6.07, 6.45) is 3.17. The van der Waals surface area contributed by atoms with E-state index in [9.17, 15) is 4.79 Å². The van der Waals surface area contributed by atoms with Crippen molar-refractivity contribution in [2.75, 3.05) is 6.54 Å². The van der Waals surface area contributed by atoms with E-state index in [1.165, 1.54) is 6.42 Å². The van der Waals surface area contributed by atoms with E-state index in [0.29, 0.717) is 6.04 Å². The Morgan fingerprint density at radius 1 is 1.40 bits per heavy atom. The van der Waals surface area contributed by atoms with Gasteiger partial charge in [0.1, 0.15) is 6.04 Å². The normalized spacial score (nSPS) is 38.8. The molecule has 2 fully saturated rings. The van der Waals surface area contributed by atoms with Crippen LogP contribution in [0.15, 0.2) is 0 Å².